The molecule has 1 saturated carbocycles. The number of carbonyl (C=O) groups is 1. The Balaban J connectivity index is 1.81. The summed E-state index contributed by atoms with van der Waals surface area (Å²) in [4.78, 5) is 15.3. The maximum Gasteiger partial charge on any atom is 0.157 e. The molecule has 2 fully saturated rings. The quantitative estimate of drug-likeness (QED) is 0.838. The molecule has 1 aliphatic carbocycles. The maximum absolute atomic E-state index is 13.9. The van der Waals surface area contributed by atoms with E-state index in [0.717, 1.165) is 38.8 Å². The number of nitrogens with zero attached hydrogens (tertiary/aromatic N) is 1. The van der Waals surface area contributed by atoms with Crippen molar-refractivity contribution in [1.82, 2.24) is 4.90 Å². The monoisotopic (exact) mass is 309 g/mol. The van der Waals surface area contributed by atoms with Crippen LogP contribution in [-0.4, -0.2) is 29.3 Å². The second-order valence-corrected chi connectivity index (χ2v) is 6.70. The molecule has 0 unspecified atom stereocenters. The minimum atomic E-state index is -0.370. The van der Waals surface area contributed by atoms with Gasteiger partial charge in [-0.05, 0) is 56.5 Å². The molecule has 0 radical (unpaired) electrons. The van der Waals surface area contributed by atoms with Crippen LogP contribution in [0.25, 0.3) is 0 Å². The smallest absolute Gasteiger partial charge is 0.157 e. The minimum Gasteiger partial charge on any atom is -0.297 e. The highest BCUT2D eigenvalue weighted by atomic mass is 35.5. The van der Waals surface area contributed by atoms with Gasteiger partial charge in [-0.3, -0.25) is 9.69 Å². The van der Waals surface area contributed by atoms with Crippen molar-refractivity contribution in [3.63, 3.8) is 0 Å². The van der Waals surface area contributed by atoms with E-state index >= 15 is 0 Å². The van der Waals surface area contributed by atoms with E-state index < -0.39 is 0 Å². The number of hydrogen-bond donors (Lipinski definition) is 0. The second-order valence-electron chi connectivity index (χ2n) is 6.27. The van der Waals surface area contributed by atoms with Gasteiger partial charge in [0, 0.05) is 11.4 Å². The summed E-state index contributed by atoms with van der Waals surface area (Å²) < 4.78 is 13.9. The molecule has 1 aromatic rings. The Bertz CT molecular complexity index is 534. The molecule has 1 heterocycles. The minimum absolute atomic E-state index is 0.180. The molecule has 1 aromatic carbocycles. The largest absolute Gasteiger partial charge is 0.297 e. The number of hydrogen-bond acceptors (Lipinski definition) is 2. The van der Waals surface area contributed by atoms with E-state index in [-0.39, 0.29) is 23.6 Å². The third-order valence-corrected chi connectivity index (χ3v) is 5.26. The number of likely N-dealkylation sites (tertiary alicyclic amines) is 1. The van der Waals surface area contributed by atoms with Crippen molar-refractivity contribution in [3.05, 3.63) is 34.6 Å². The molecule has 0 bridgehead atoms. The lowest BCUT2D eigenvalue weighted by atomic mass is 9.86. The SMILES string of the molecule is O=C(Cc1ccc(Cl)cc1F)C1(N2CCCC2)CCCC1. The summed E-state index contributed by atoms with van der Waals surface area (Å²) in [5, 5.41) is 0.374. The third kappa shape index (κ3) is 2.86. The molecule has 2 aliphatic rings. The van der Waals surface area contributed by atoms with Gasteiger partial charge < -0.3 is 0 Å². The average Bonchev–Trinajstić information content (AvgIpc) is 3.11. The van der Waals surface area contributed by atoms with E-state index in [1.165, 1.54) is 18.9 Å². The van der Waals surface area contributed by atoms with Gasteiger partial charge in [-0.15, -0.1) is 0 Å². The summed E-state index contributed by atoms with van der Waals surface area (Å²) in [6.45, 7) is 2.02. The van der Waals surface area contributed by atoms with Crippen molar-refractivity contribution >= 4 is 17.4 Å². The van der Waals surface area contributed by atoms with Crippen LogP contribution in [0.4, 0.5) is 4.39 Å². The van der Waals surface area contributed by atoms with Crippen LogP contribution in [0.3, 0.4) is 0 Å². The first-order valence-electron chi connectivity index (χ1n) is 7.84. The van der Waals surface area contributed by atoms with Gasteiger partial charge in [0.25, 0.3) is 0 Å². The van der Waals surface area contributed by atoms with E-state index in [1.54, 1.807) is 12.1 Å². The van der Waals surface area contributed by atoms with Crippen molar-refractivity contribution in [2.45, 2.75) is 50.5 Å². The first kappa shape index (κ1) is 15.0. The van der Waals surface area contributed by atoms with Crippen LogP contribution in [0, 0.1) is 5.82 Å². The second kappa shape index (κ2) is 6.05. The first-order chi connectivity index (χ1) is 10.1. The predicted molar refractivity (Wildman–Crippen MR) is 82.1 cm³/mol. The molecule has 4 heteroatoms. The zero-order valence-electron chi connectivity index (χ0n) is 12.2. The maximum atomic E-state index is 13.9. The Morgan fingerprint density at radius 1 is 1.19 bits per heavy atom. The zero-order chi connectivity index (χ0) is 14.9. The summed E-state index contributed by atoms with van der Waals surface area (Å²) in [5.41, 5.74) is 0.137. The van der Waals surface area contributed by atoms with Gasteiger partial charge >= 0.3 is 0 Å². The molecule has 2 nitrogen and oxygen atoms in total. The third-order valence-electron chi connectivity index (χ3n) is 5.03. The highest BCUT2D eigenvalue weighted by Gasteiger charge is 2.46. The first-order valence-corrected chi connectivity index (χ1v) is 8.22. The van der Waals surface area contributed by atoms with E-state index in [2.05, 4.69) is 4.90 Å². The molecule has 114 valence electrons. The molecule has 0 amide bonds. The number of carbonyl (C=O) groups excluding carboxylic acids is 1. The van der Waals surface area contributed by atoms with Crippen molar-refractivity contribution in [3.8, 4) is 0 Å². The Morgan fingerprint density at radius 2 is 1.86 bits per heavy atom. The highest BCUT2D eigenvalue weighted by Crippen LogP contribution is 2.39. The standard InChI is InChI=1S/C17H21ClFNO/c18-14-6-5-13(15(19)12-14)11-16(21)17(7-1-2-8-17)20-9-3-4-10-20/h5-6,12H,1-4,7-11H2. The molecular weight excluding hydrogens is 289 g/mol. The Morgan fingerprint density at radius 3 is 2.48 bits per heavy atom. The molecule has 1 aliphatic heterocycles. The van der Waals surface area contributed by atoms with E-state index in [0.29, 0.717) is 10.6 Å². The Labute approximate surface area is 130 Å². The average molecular weight is 310 g/mol. The van der Waals surface area contributed by atoms with Crippen LogP contribution in [0.15, 0.2) is 18.2 Å². The number of ketones is 1. The van der Waals surface area contributed by atoms with Crippen molar-refractivity contribution < 1.29 is 9.18 Å². The molecule has 0 aromatic heterocycles. The lowest BCUT2D eigenvalue weighted by molar-refractivity contribution is -0.129. The van der Waals surface area contributed by atoms with E-state index in [4.69, 9.17) is 11.6 Å². The molecular formula is C17H21ClFNO. The summed E-state index contributed by atoms with van der Waals surface area (Å²) in [5.74, 6) is -0.187. The lowest BCUT2D eigenvalue weighted by Crippen LogP contribution is -2.52. The van der Waals surface area contributed by atoms with Gasteiger partial charge in [0.15, 0.2) is 5.78 Å². The van der Waals surface area contributed by atoms with E-state index in [1.807, 2.05) is 0 Å². The molecule has 1 saturated heterocycles. The topological polar surface area (TPSA) is 20.3 Å². The molecule has 0 N–H and O–H groups in total. The number of rotatable bonds is 4. The van der Waals surface area contributed by atoms with Crippen LogP contribution in [0.1, 0.15) is 44.1 Å². The lowest BCUT2D eigenvalue weighted by Gasteiger charge is -2.37. The van der Waals surface area contributed by atoms with E-state index in [9.17, 15) is 9.18 Å². The summed E-state index contributed by atoms with van der Waals surface area (Å²) in [6, 6.07) is 4.59. The van der Waals surface area contributed by atoms with Gasteiger partial charge in [-0.25, -0.2) is 4.39 Å². The van der Waals surface area contributed by atoms with Crippen molar-refractivity contribution in [2.75, 3.05) is 13.1 Å². The van der Waals surface area contributed by atoms with Crippen molar-refractivity contribution in [2.24, 2.45) is 0 Å². The highest BCUT2D eigenvalue weighted by molar-refractivity contribution is 6.30. The fourth-order valence-electron chi connectivity index (χ4n) is 3.88. The van der Waals surface area contributed by atoms with Gasteiger partial charge in [-0.2, -0.15) is 0 Å². The Kier molecular flexibility index (Phi) is 4.32. The van der Waals surface area contributed by atoms with Gasteiger partial charge in [0.2, 0.25) is 0 Å². The Hall–Kier alpha value is -0.930. The molecule has 0 atom stereocenters. The molecule has 3 rings (SSSR count). The van der Waals surface area contributed by atoms with Gasteiger partial charge in [-0.1, -0.05) is 30.5 Å². The molecule has 21 heavy (non-hydrogen) atoms. The van der Waals surface area contributed by atoms with Gasteiger partial charge in [0.05, 0.1) is 5.54 Å². The van der Waals surface area contributed by atoms with Crippen LogP contribution >= 0.6 is 11.6 Å². The van der Waals surface area contributed by atoms with Crippen LogP contribution in [0.2, 0.25) is 5.02 Å². The number of halogens is 2. The summed E-state index contributed by atoms with van der Waals surface area (Å²) in [7, 11) is 0. The fraction of sp³-hybridized carbons (Fsp3) is 0.588. The normalized spacial score (nSPS) is 21.8. The predicted octanol–water partition coefficient (Wildman–Crippen LogP) is 4.00. The zero-order valence-corrected chi connectivity index (χ0v) is 13.0. The number of benzene rings is 1. The van der Waals surface area contributed by atoms with Crippen molar-refractivity contribution in [1.29, 1.82) is 0 Å². The van der Waals surface area contributed by atoms with Gasteiger partial charge in [0.1, 0.15) is 5.82 Å². The van der Waals surface area contributed by atoms with Crippen LogP contribution < -0.4 is 0 Å². The summed E-state index contributed by atoms with van der Waals surface area (Å²) >= 11 is 5.78. The van der Waals surface area contributed by atoms with Crippen LogP contribution in [0.5, 0.6) is 0 Å². The van der Waals surface area contributed by atoms with Crippen LogP contribution in [-0.2, 0) is 11.2 Å². The fourth-order valence-corrected chi connectivity index (χ4v) is 4.04. The summed E-state index contributed by atoms with van der Waals surface area (Å²) in [6.07, 6.45) is 6.59. The number of Topliss-reactive ketones (excluding diaryl/α,β-unsaturated/α-hetero) is 1. The molecule has 0 spiro atoms.